The molecular formula is C22H31N5O3S. The first-order valence-electron chi connectivity index (χ1n) is 10.9. The van der Waals surface area contributed by atoms with E-state index in [2.05, 4.69) is 26.9 Å². The molecule has 1 atom stereocenters. The van der Waals surface area contributed by atoms with Gasteiger partial charge in [0, 0.05) is 38.8 Å². The Morgan fingerprint density at radius 2 is 1.68 bits per heavy atom. The molecular weight excluding hydrogens is 414 g/mol. The van der Waals surface area contributed by atoms with Crippen molar-refractivity contribution < 1.29 is 13.2 Å². The molecule has 1 unspecified atom stereocenters. The molecule has 2 saturated heterocycles. The van der Waals surface area contributed by atoms with E-state index in [1.807, 2.05) is 25.1 Å². The zero-order chi connectivity index (χ0) is 22.0. The average molecular weight is 446 g/mol. The van der Waals surface area contributed by atoms with Gasteiger partial charge in [-0.3, -0.25) is 0 Å². The van der Waals surface area contributed by atoms with Crippen LogP contribution in [0.5, 0.6) is 5.75 Å². The Labute approximate surface area is 184 Å². The van der Waals surface area contributed by atoms with E-state index in [1.165, 1.54) is 30.7 Å². The van der Waals surface area contributed by atoms with Crippen molar-refractivity contribution in [1.29, 1.82) is 0 Å². The zero-order valence-electron chi connectivity index (χ0n) is 18.5. The number of aromatic nitrogens is 2. The third-order valence-electron chi connectivity index (χ3n) is 6.23. The first-order chi connectivity index (χ1) is 14.9. The van der Waals surface area contributed by atoms with Crippen LogP contribution in [0.2, 0.25) is 0 Å². The number of sulfonamides is 1. The van der Waals surface area contributed by atoms with Gasteiger partial charge in [0.25, 0.3) is 0 Å². The molecule has 2 aliphatic rings. The molecule has 2 aliphatic heterocycles. The Hall–Kier alpha value is -2.39. The van der Waals surface area contributed by atoms with Crippen LogP contribution in [0.25, 0.3) is 0 Å². The van der Waals surface area contributed by atoms with Crippen LogP contribution in [0.1, 0.15) is 31.7 Å². The Balaban J connectivity index is 1.43. The average Bonchev–Trinajstić information content (AvgIpc) is 2.79. The third kappa shape index (κ3) is 4.48. The number of rotatable bonds is 5. The lowest BCUT2D eigenvalue weighted by Crippen LogP contribution is -2.49. The van der Waals surface area contributed by atoms with Gasteiger partial charge in [0.05, 0.1) is 7.11 Å². The highest BCUT2D eigenvalue weighted by Crippen LogP contribution is 2.29. The molecule has 3 heterocycles. The smallest absolute Gasteiger partial charge is 0.246 e. The molecule has 9 heteroatoms. The molecule has 31 heavy (non-hydrogen) atoms. The minimum absolute atomic E-state index is 0.225. The number of piperazine rings is 1. The van der Waals surface area contributed by atoms with Crippen molar-refractivity contribution in [3.8, 4) is 5.75 Å². The number of benzene rings is 1. The van der Waals surface area contributed by atoms with Gasteiger partial charge in [-0.1, -0.05) is 6.07 Å². The van der Waals surface area contributed by atoms with E-state index in [4.69, 9.17) is 4.74 Å². The van der Waals surface area contributed by atoms with Crippen LogP contribution in [0.4, 0.5) is 11.6 Å². The van der Waals surface area contributed by atoms with Gasteiger partial charge >= 0.3 is 0 Å². The second-order valence-corrected chi connectivity index (χ2v) is 10.2. The van der Waals surface area contributed by atoms with Crippen LogP contribution in [0.15, 0.2) is 35.2 Å². The summed E-state index contributed by atoms with van der Waals surface area (Å²) in [5.74, 6) is 2.09. The first-order valence-corrected chi connectivity index (χ1v) is 12.3. The summed E-state index contributed by atoms with van der Waals surface area (Å²) in [4.78, 5) is 4.64. The molecule has 8 nitrogen and oxygen atoms in total. The molecule has 0 saturated carbocycles. The number of nitrogens with zero attached hydrogens (tertiary/aromatic N) is 5. The van der Waals surface area contributed by atoms with Crippen LogP contribution in [0, 0.1) is 6.92 Å². The fourth-order valence-electron chi connectivity index (χ4n) is 4.36. The summed E-state index contributed by atoms with van der Waals surface area (Å²) in [7, 11) is -2.13. The first kappa shape index (κ1) is 21.8. The standard InChI is InChI=1S/C22H31N5O3S/c1-17-7-8-19(30-3)20(16-17)31(28,29)26-14-12-25(13-15-26)21-9-10-22(24-23-21)27-11-5-4-6-18(27)2/h7-10,16,18H,4-6,11-15H2,1-3H3. The molecule has 0 spiro atoms. The summed E-state index contributed by atoms with van der Waals surface area (Å²) >= 11 is 0. The van der Waals surface area contributed by atoms with Gasteiger partial charge in [-0.05, 0) is 62.9 Å². The van der Waals surface area contributed by atoms with Crippen molar-refractivity contribution in [1.82, 2.24) is 14.5 Å². The second kappa shape index (κ2) is 9.00. The Morgan fingerprint density at radius 3 is 2.32 bits per heavy atom. The Bertz CT molecular complexity index is 1000. The van der Waals surface area contributed by atoms with Gasteiger partial charge in [0.2, 0.25) is 10.0 Å². The molecule has 0 amide bonds. The molecule has 0 radical (unpaired) electrons. The van der Waals surface area contributed by atoms with E-state index in [-0.39, 0.29) is 4.90 Å². The van der Waals surface area contributed by atoms with Crippen LogP contribution in [-0.2, 0) is 10.0 Å². The summed E-state index contributed by atoms with van der Waals surface area (Å²) in [5.41, 5.74) is 0.886. The van der Waals surface area contributed by atoms with Crippen molar-refractivity contribution in [2.75, 3.05) is 49.6 Å². The molecule has 2 fully saturated rings. The quantitative estimate of drug-likeness (QED) is 0.700. The molecule has 4 rings (SSSR count). The Kier molecular flexibility index (Phi) is 6.34. The summed E-state index contributed by atoms with van der Waals surface area (Å²) in [6.07, 6.45) is 3.65. The molecule has 1 aromatic carbocycles. The lowest BCUT2D eigenvalue weighted by Gasteiger charge is -2.36. The maximum Gasteiger partial charge on any atom is 0.246 e. The van der Waals surface area contributed by atoms with Gasteiger partial charge in [-0.25, -0.2) is 8.42 Å². The summed E-state index contributed by atoms with van der Waals surface area (Å²) in [5, 5.41) is 8.90. The second-order valence-electron chi connectivity index (χ2n) is 8.33. The van der Waals surface area contributed by atoms with Gasteiger partial charge in [0.1, 0.15) is 10.6 Å². The van der Waals surface area contributed by atoms with E-state index in [1.54, 1.807) is 12.1 Å². The molecule has 168 valence electrons. The van der Waals surface area contributed by atoms with Crippen LogP contribution in [-0.4, -0.2) is 68.8 Å². The van der Waals surface area contributed by atoms with Crippen molar-refractivity contribution in [3.63, 3.8) is 0 Å². The van der Waals surface area contributed by atoms with E-state index in [9.17, 15) is 8.42 Å². The monoisotopic (exact) mass is 445 g/mol. The fourth-order valence-corrected chi connectivity index (χ4v) is 6.02. The Morgan fingerprint density at radius 1 is 0.968 bits per heavy atom. The maximum atomic E-state index is 13.2. The number of methoxy groups -OCH3 is 1. The van der Waals surface area contributed by atoms with E-state index in [0.717, 1.165) is 23.7 Å². The number of anilines is 2. The molecule has 0 N–H and O–H groups in total. The number of hydrogen-bond donors (Lipinski definition) is 0. The van der Waals surface area contributed by atoms with Crippen LogP contribution in [0.3, 0.4) is 0 Å². The van der Waals surface area contributed by atoms with Gasteiger partial charge < -0.3 is 14.5 Å². The van der Waals surface area contributed by atoms with Crippen molar-refractivity contribution in [3.05, 3.63) is 35.9 Å². The van der Waals surface area contributed by atoms with E-state index < -0.39 is 10.0 Å². The highest BCUT2D eigenvalue weighted by molar-refractivity contribution is 7.89. The highest BCUT2D eigenvalue weighted by atomic mass is 32.2. The third-order valence-corrected chi connectivity index (χ3v) is 8.15. The minimum atomic E-state index is -3.62. The van der Waals surface area contributed by atoms with Gasteiger partial charge in [-0.2, -0.15) is 4.31 Å². The van der Waals surface area contributed by atoms with Crippen molar-refractivity contribution in [2.24, 2.45) is 0 Å². The largest absolute Gasteiger partial charge is 0.495 e. The van der Waals surface area contributed by atoms with Gasteiger partial charge in [-0.15, -0.1) is 10.2 Å². The highest BCUT2D eigenvalue weighted by Gasteiger charge is 2.31. The number of aryl methyl sites for hydroxylation is 1. The van der Waals surface area contributed by atoms with Crippen LogP contribution < -0.4 is 14.5 Å². The van der Waals surface area contributed by atoms with E-state index >= 15 is 0 Å². The van der Waals surface area contributed by atoms with Crippen molar-refractivity contribution >= 4 is 21.7 Å². The predicted octanol–water partition coefficient (Wildman–Crippen LogP) is 2.68. The van der Waals surface area contributed by atoms with Crippen molar-refractivity contribution in [2.45, 2.75) is 44.0 Å². The maximum absolute atomic E-state index is 13.2. The number of piperidine rings is 1. The number of ether oxygens (including phenoxy) is 1. The molecule has 1 aromatic heterocycles. The summed E-state index contributed by atoms with van der Waals surface area (Å²) in [6.45, 7) is 7.07. The zero-order valence-corrected chi connectivity index (χ0v) is 19.3. The van der Waals surface area contributed by atoms with Gasteiger partial charge in [0.15, 0.2) is 11.6 Å². The summed E-state index contributed by atoms with van der Waals surface area (Å²) in [6, 6.07) is 9.75. The lowest BCUT2D eigenvalue weighted by atomic mass is 10.0. The number of hydrogen-bond acceptors (Lipinski definition) is 7. The lowest BCUT2D eigenvalue weighted by molar-refractivity contribution is 0.373. The molecule has 0 bridgehead atoms. The fraction of sp³-hybridized carbons (Fsp3) is 0.545. The molecule has 0 aliphatic carbocycles. The summed E-state index contributed by atoms with van der Waals surface area (Å²) < 4.78 is 33.2. The SMILES string of the molecule is COc1ccc(C)cc1S(=O)(=O)N1CCN(c2ccc(N3CCCCC3C)nn2)CC1. The van der Waals surface area contributed by atoms with Crippen LogP contribution >= 0.6 is 0 Å². The van der Waals surface area contributed by atoms with E-state index in [0.29, 0.717) is 38.0 Å². The predicted molar refractivity (Wildman–Crippen MR) is 121 cm³/mol. The normalized spacial score (nSPS) is 20.7. The molecule has 2 aromatic rings. The minimum Gasteiger partial charge on any atom is -0.495 e. The topological polar surface area (TPSA) is 78.9 Å².